The quantitative estimate of drug-likeness (QED) is 0.759. The Kier molecular flexibility index (Phi) is 4.94. The molecule has 1 heterocycles. The predicted octanol–water partition coefficient (Wildman–Crippen LogP) is 4.15. The Morgan fingerprint density at radius 1 is 1.33 bits per heavy atom. The van der Waals surface area contributed by atoms with Crippen molar-refractivity contribution in [2.24, 2.45) is 0 Å². The second-order valence-electron chi connectivity index (χ2n) is 6.26. The summed E-state index contributed by atoms with van der Waals surface area (Å²) in [6, 6.07) is 7.94. The number of morpholine rings is 1. The van der Waals surface area contributed by atoms with E-state index in [0.29, 0.717) is 13.2 Å². The molecule has 0 aliphatic carbocycles. The molecule has 1 aromatic rings. The monoisotopic (exact) mass is 355 g/mol. The van der Waals surface area contributed by atoms with Crippen molar-refractivity contribution in [2.45, 2.75) is 45.4 Å². The van der Waals surface area contributed by atoms with Crippen LogP contribution in [0.25, 0.3) is 0 Å². The Hall–Kier alpha value is -1.07. The van der Waals surface area contributed by atoms with Gasteiger partial charge in [-0.25, -0.2) is 4.79 Å². The minimum absolute atomic E-state index is 0.0604. The van der Waals surface area contributed by atoms with Gasteiger partial charge in [0.25, 0.3) is 0 Å². The predicted molar refractivity (Wildman–Crippen MR) is 85.2 cm³/mol. The van der Waals surface area contributed by atoms with Gasteiger partial charge in [0.1, 0.15) is 11.7 Å². The molecule has 0 N–H and O–H groups in total. The number of benzene rings is 1. The molecule has 1 saturated heterocycles. The van der Waals surface area contributed by atoms with Crippen LogP contribution in [0.4, 0.5) is 4.79 Å². The van der Waals surface area contributed by atoms with Crippen LogP contribution in [0.5, 0.6) is 0 Å². The van der Waals surface area contributed by atoms with Crippen LogP contribution in [0.2, 0.25) is 0 Å². The Labute approximate surface area is 134 Å². The van der Waals surface area contributed by atoms with Crippen LogP contribution in [-0.4, -0.2) is 35.8 Å². The Morgan fingerprint density at radius 3 is 2.52 bits per heavy atom. The smallest absolute Gasteiger partial charge is 0.410 e. The average molecular weight is 356 g/mol. The number of halogens is 1. The largest absolute Gasteiger partial charge is 0.444 e. The van der Waals surface area contributed by atoms with E-state index in [1.807, 2.05) is 52.0 Å². The molecule has 1 fully saturated rings. The van der Waals surface area contributed by atoms with Crippen LogP contribution in [-0.2, 0) is 9.47 Å². The summed E-state index contributed by atoms with van der Waals surface area (Å²) in [6.45, 7) is 8.70. The van der Waals surface area contributed by atoms with Gasteiger partial charge in [0.05, 0.1) is 12.6 Å². The van der Waals surface area contributed by atoms with Gasteiger partial charge in [-0.05, 0) is 45.4 Å². The second-order valence-corrected chi connectivity index (χ2v) is 7.17. The lowest BCUT2D eigenvalue weighted by atomic mass is 10.0. The van der Waals surface area contributed by atoms with E-state index < -0.39 is 5.60 Å². The van der Waals surface area contributed by atoms with Crippen LogP contribution in [0.3, 0.4) is 0 Å². The maximum Gasteiger partial charge on any atom is 0.410 e. The van der Waals surface area contributed by atoms with Gasteiger partial charge < -0.3 is 14.4 Å². The lowest BCUT2D eigenvalue weighted by Crippen LogP contribution is -2.50. The van der Waals surface area contributed by atoms with Crippen LogP contribution < -0.4 is 0 Å². The number of ether oxygens (including phenoxy) is 2. The lowest BCUT2D eigenvalue weighted by Gasteiger charge is -2.40. The zero-order valence-corrected chi connectivity index (χ0v) is 14.5. The van der Waals surface area contributed by atoms with Gasteiger partial charge in [-0.15, -0.1) is 0 Å². The van der Waals surface area contributed by atoms with Crippen molar-refractivity contribution in [3.05, 3.63) is 34.3 Å². The molecule has 2 atom stereocenters. The van der Waals surface area contributed by atoms with Crippen molar-refractivity contribution < 1.29 is 14.3 Å². The Morgan fingerprint density at radius 2 is 1.95 bits per heavy atom. The van der Waals surface area contributed by atoms with Crippen molar-refractivity contribution in [1.82, 2.24) is 4.90 Å². The van der Waals surface area contributed by atoms with E-state index in [1.54, 1.807) is 4.90 Å². The molecule has 0 radical (unpaired) electrons. The van der Waals surface area contributed by atoms with E-state index in [4.69, 9.17) is 9.47 Å². The molecule has 116 valence electrons. The number of rotatable bonds is 1. The zero-order valence-electron chi connectivity index (χ0n) is 12.9. The maximum absolute atomic E-state index is 12.3. The summed E-state index contributed by atoms with van der Waals surface area (Å²) < 4.78 is 12.4. The summed E-state index contributed by atoms with van der Waals surface area (Å²) in [5.74, 6) is 0. The van der Waals surface area contributed by atoms with Crippen molar-refractivity contribution >= 4 is 22.0 Å². The highest BCUT2D eigenvalue weighted by atomic mass is 79.9. The third-order valence-electron chi connectivity index (χ3n) is 3.39. The fourth-order valence-electron chi connectivity index (χ4n) is 2.39. The third kappa shape index (κ3) is 4.20. The van der Waals surface area contributed by atoms with E-state index in [-0.39, 0.29) is 18.2 Å². The molecule has 1 aliphatic heterocycles. The van der Waals surface area contributed by atoms with E-state index in [2.05, 4.69) is 15.9 Å². The summed E-state index contributed by atoms with van der Waals surface area (Å²) in [6.07, 6.45) is -0.403. The molecule has 5 heteroatoms. The standard InChI is InChI=1S/C16H22BrNO3/c1-11-14(12-5-7-13(17)8-6-12)20-10-9-18(11)15(19)21-16(2,3)4/h5-8,11,14H,9-10H2,1-4H3/t11-,14+/m1/s1. The summed E-state index contributed by atoms with van der Waals surface area (Å²) in [7, 11) is 0. The van der Waals surface area contributed by atoms with Crippen LogP contribution in [0.1, 0.15) is 39.4 Å². The van der Waals surface area contributed by atoms with Crippen LogP contribution >= 0.6 is 15.9 Å². The number of hydrogen-bond donors (Lipinski definition) is 0. The number of amides is 1. The van der Waals surface area contributed by atoms with Gasteiger partial charge in [0, 0.05) is 11.0 Å². The Bertz CT molecular complexity index is 495. The van der Waals surface area contributed by atoms with E-state index in [1.165, 1.54) is 0 Å². The highest BCUT2D eigenvalue weighted by Gasteiger charge is 2.35. The van der Waals surface area contributed by atoms with E-state index in [9.17, 15) is 4.79 Å². The number of carbonyl (C=O) groups is 1. The number of nitrogens with zero attached hydrogens (tertiary/aromatic N) is 1. The molecule has 0 aromatic heterocycles. The first-order valence-electron chi connectivity index (χ1n) is 7.14. The first kappa shape index (κ1) is 16.3. The van der Waals surface area contributed by atoms with Crippen LogP contribution in [0, 0.1) is 0 Å². The normalized spacial score (nSPS) is 23.0. The molecule has 0 saturated carbocycles. The molecule has 2 rings (SSSR count). The third-order valence-corrected chi connectivity index (χ3v) is 3.91. The van der Waals surface area contributed by atoms with Crippen molar-refractivity contribution in [2.75, 3.05) is 13.2 Å². The minimum Gasteiger partial charge on any atom is -0.444 e. The molecule has 0 spiro atoms. The summed E-state index contributed by atoms with van der Waals surface area (Å²) in [5, 5.41) is 0. The van der Waals surface area contributed by atoms with Gasteiger partial charge in [-0.3, -0.25) is 0 Å². The highest BCUT2D eigenvalue weighted by Crippen LogP contribution is 2.30. The van der Waals surface area contributed by atoms with E-state index in [0.717, 1.165) is 10.0 Å². The second kappa shape index (κ2) is 6.36. The lowest BCUT2D eigenvalue weighted by molar-refractivity contribution is -0.0723. The molecule has 0 bridgehead atoms. The summed E-state index contributed by atoms with van der Waals surface area (Å²) in [4.78, 5) is 14.0. The number of carbonyl (C=O) groups excluding carboxylic acids is 1. The minimum atomic E-state index is -0.484. The van der Waals surface area contributed by atoms with E-state index >= 15 is 0 Å². The first-order valence-corrected chi connectivity index (χ1v) is 7.94. The molecule has 0 unspecified atom stereocenters. The highest BCUT2D eigenvalue weighted by molar-refractivity contribution is 9.10. The van der Waals surface area contributed by atoms with Gasteiger partial charge in [0.2, 0.25) is 0 Å². The fraction of sp³-hybridized carbons (Fsp3) is 0.562. The zero-order chi connectivity index (χ0) is 15.6. The molecular weight excluding hydrogens is 334 g/mol. The Balaban J connectivity index is 2.12. The molecule has 4 nitrogen and oxygen atoms in total. The van der Waals surface area contributed by atoms with Crippen molar-refractivity contribution in [3.63, 3.8) is 0 Å². The molecule has 1 aromatic carbocycles. The molecule has 1 amide bonds. The SMILES string of the molecule is C[C@@H]1[C@@H](c2ccc(Br)cc2)OCCN1C(=O)OC(C)(C)C. The van der Waals surface area contributed by atoms with Gasteiger partial charge in [-0.1, -0.05) is 28.1 Å². The molecule has 1 aliphatic rings. The summed E-state index contributed by atoms with van der Waals surface area (Å²) >= 11 is 3.43. The summed E-state index contributed by atoms with van der Waals surface area (Å²) in [5.41, 5.74) is 0.585. The maximum atomic E-state index is 12.3. The average Bonchev–Trinajstić information content (AvgIpc) is 2.38. The fourth-order valence-corrected chi connectivity index (χ4v) is 2.65. The topological polar surface area (TPSA) is 38.8 Å². The van der Waals surface area contributed by atoms with Gasteiger partial charge in [-0.2, -0.15) is 0 Å². The number of hydrogen-bond acceptors (Lipinski definition) is 3. The van der Waals surface area contributed by atoms with Crippen molar-refractivity contribution in [3.8, 4) is 0 Å². The molecule has 21 heavy (non-hydrogen) atoms. The van der Waals surface area contributed by atoms with Crippen molar-refractivity contribution in [1.29, 1.82) is 0 Å². The van der Waals surface area contributed by atoms with Gasteiger partial charge >= 0.3 is 6.09 Å². The van der Waals surface area contributed by atoms with Gasteiger partial charge in [0.15, 0.2) is 0 Å². The molecular formula is C16H22BrNO3. The first-order chi connectivity index (χ1) is 9.78. The van der Waals surface area contributed by atoms with Crippen LogP contribution in [0.15, 0.2) is 28.7 Å².